The van der Waals surface area contributed by atoms with Crippen molar-refractivity contribution in [1.29, 1.82) is 0 Å². The summed E-state index contributed by atoms with van der Waals surface area (Å²) in [5, 5.41) is 0. The summed E-state index contributed by atoms with van der Waals surface area (Å²) in [6.45, 7) is 6.54. The quantitative estimate of drug-likeness (QED) is 0.596. The number of aromatic nitrogens is 4. The number of oxazole rings is 1. The number of amides is 1. The first-order chi connectivity index (χ1) is 16.9. The molecule has 0 radical (unpaired) electrons. The van der Waals surface area contributed by atoms with Gasteiger partial charge in [-0.2, -0.15) is 0 Å². The van der Waals surface area contributed by atoms with Crippen LogP contribution in [-0.4, -0.2) is 64.6 Å². The normalized spacial score (nSPS) is 14.7. The summed E-state index contributed by atoms with van der Waals surface area (Å²) in [5.41, 5.74) is 3.07. The first kappa shape index (κ1) is 24.2. The molecule has 0 spiro atoms. The van der Waals surface area contributed by atoms with Crippen molar-refractivity contribution in [2.24, 2.45) is 0 Å². The number of nitrogens with zero attached hydrogens (tertiary/aromatic N) is 5. The molecule has 3 aromatic rings. The van der Waals surface area contributed by atoms with Gasteiger partial charge in [0.05, 0.1) is 55.9 Å². The maximum absolute atomic E-state index is 11.9. The van der Waals surface area contributed by atoms with E-state index in [-0.39, 0.29) is 11.5 Å². The van der Waals surface area contributed by atoms with E-state index in [0.29, 0.717) is 41.1 Å². The average molecular weight is 483 g/mol. The number of aryl methyl sites for hydroxylation is 2. The summed E-state index contributed by atoms with van der Waals surface area (Å²) in [4.78, 5) is 42.8. The highest BCUT2D eigenvalue weighted by molar-refractivity contribution is 5.92. The summed E-state index contributed by atoms with van der Waals surface area (Å²) in [5.74, 6) is 1.97. The number of anilines is 1. The van der Waals surface area contributed by atoms with Crippen molar-refractivity contribution in [3.05, 3.63) is 57.5 Å². The molecule has 1 amide bonds. The van der Waals surface area contributed by atoms with Crippen molar-refractivity contribution in [3.63, 3.8) is 0 Å². The third-order valence-corrected chi connectivity index (χ3v) is 6.08. The maximum Gasteiger partial charge on any atom is 0.291 e. The van der Waals surface area contributed by atoms with E-state index in [1.807, 2.05) is 11.0 Å². The minimum Gasteiger partial charge on any atom is -0.491 e. The van der Waals surface area contributed by atoms with Crippen LogP contribution >= 0.6 is 0 Å². The predicted octanol–water partition coefficient (Wildman–Crippen LogP) is 2.27. The van der Waals surface area contributed by atoms with Crippen LogP contribution in [0.25, 0.3) is 0 Å². The van der Waals surface area contributed by atoms with Gasteiger partial charge in [0.1, 0.15) is 0 Å². The molecule has 1 fully saturated rings. The summed E-state index contributed by atoms with van der Waals surface area (Å²) in [7, 11) is 3.12. The van der Waals surface area contributed by atoms with Crippen LogP contribution in [0, 0.1) is 13.8 Å². The molecule has 0 bridgehead atoms. The number of aromatic amines is 1. The maximum atomic E-state index is 11.9. The van der Waals surface area contributed by atoms with Crippen LogP contribution in [0.2, 0.25) is 0 Å². The van der Waals surface area contributed by atoms with E-state index in [1.165, 1.54) is 6.33 Å². The van der Waals surface area contributed by atoms with E-state index in [0.717, 1.165) is 50.3 Å². The van der Waals surface area contributed by atoms with Gasteiger partial charge >= 0.3 is 0 Å². The van der Waals surface area contributed by atoms with Crippen LogP contribution in [-0.2, 0) is 13.0 Å². The van der Waals surface area contributed by atoms with Gasteiger partial charge in [-0.25, -0.2) is 15.0 Å². The Kier molecular flexibility index (Phi) is 7.33. The van der Waals surface area contributed by atoms with Gasteiger partial charge in [0.15, 0.2) is 11.6 Å². The van der Waals surface area contributed by atoms with Crippen molar-refractivity contribution in [2.75, 3.05) is 38.8 Å². The van der Waals surface area contributed by atoms with E-state index in [1.54, 1.807) is 34.3 Å². The Labute approximate surface area is 203 Å². The van der Waals surface area contributed by atoms with Crippen molar-refractivity contribution >= 4 is 11.6 Å². The molecule has 186 valence electrons. The molecular weight excluding hydrogens is 452 g/mol. The largest absolute Gasteiger partial charge is 0.491 e. The first-order valence-corrected chi connectivity index (χ1v) is 11.5. The number of hydrogen-bond donors (Lipinski definition) is 1. The molecule has 0 aliphatic carbocycles. The van der Waals surface area contributed by atoms with E-state index < -0.39 is 0 Å². The molecule has 3 aromatic heterocycles. The molecule has 35 heavy (non-hydrogen) atoms. The number of rotatable bonds is 4. The first-order valence-electron chi connectivity index (χ1n) is 11.5. The fraction of sp³-hybridized carbons (Fsp3) is 0.458. The Morgan fingerprint density at radius 2 is 1.89 bits per heavy atom. The van der Waals surface area contributed by atoms with Crippen LogP contribution < -0.4 is 19.9 Å². The van der Waals surface area contributed by atoms with E-state index >= 15 is 0 Å². The van der Waals surface area contributed by atoms with E-state index in [2.05, 4.69) is 24.8 Å². The van der Waals surface area contributed by atoms with Crippen LogP contribution in [0.5, 0.6) is 11.6 Å². The van der Waals surface area contributed by atoms with Gasteiger partial charge in [0.25, 0.3) is 17.3 Å². The highest BCUT2D eigenvalue weighted by Crippen LogP contribution is 2.30. The topological polar surface area (TPSA) is 127 Å². The highest BCUT2D eigenvalue weighted by atomic mass is 16.5. The number of carbonyl (C=O) groups is 1. The van der Waals surface area contributed by atoms with E-state index in [9.17, 15) is 9.59 Å². The molecule has 11 nitrogen and oxygen atoms in total. The molecule has 0 atom stereocenters. The number of H-pyrrole nitrogens is 1. The highest BCUT2D eigenvalue weighted by Gasteiger charge is 2.25. The third kappa shape index (κ3) is 5.28. The zero-order valence-electron chi connectivity index (χ0n) is 20.5. The molecule has 1 N–H and O–H groups in total. The van der Waals surface area contributed by atoms with Gasteiger partial charge in [-0.3, -0.25) is 9.59 Å². The predicted molar refractivity (Wildman–Crippen MR) is 128 cm³/mol. The fourth-order valence-corrected chi connectivity index (χ4v) is 4.26. The molecule has 2 aliphatic heterocycles. The monoisotopic (exact) mass is 482 g/mol. The number of likely N-dealkylation sites (tertiary alicyclic amines) is 1. The fourth-order valence-electron chi connectivity index (χ4n) is 4.26. The molecular formula is C24H30N6O5. The Morgan fingerprint density at radius 3 is 2.54 bits per heavy atom. The second-order valence-electron chi connectivity index (χ2n) is 8.38. The van der Waals surface area contributed by atoms with E-state index in [4.69, 9.17) is 13.9 Å². The lowest BCUT2D eigenvalue weighted by Gasteiger charge is -2.29. The Bertz CT molecular complexity index is 1250. The molecule has 5 rings (SSSR count). The Balaban J connectivity index is 0.000000179. The molecule has 1 saturated heterocycles. The number of pyridine rings is 1. The van der Waals surface area contributed by atoms with Crippen LogP contribution in [0.15, 0.2) is 27.8 Å². The van der Waals surface area contributed by atoms with Crippen LogP contribution in [0.3, 0.4) is 0 Å². The summed E-state index contributed by atoms with van der Waals surface area (Å²) >= 11 is 0. The smallest absolute Gasteiger partial charge is 0.291 e. The van der Waals surface area contributed by atoms with Crippen LogP contribution in [0.4, 0.5) is 5.69 Å². The van der Waals surface area contributed by atoms with Crippen molar-refractivity contribution in [1.82, 2.24) is 24.8 Å². The zero-order valence-corrected chi connectivity index (χ0v) is 20.5. The SMILES string of the molecule is COc1cc(N2CCc3nc[nH]c(=O)c3C2)cnc1OC.Cc1nc(C)c(C(=O)N2CCCC2)o1. The van der Waals surface area contributed by atoms with Gasteiger partial charge < -0.3 is 28.7 Å². The van der Waals surface area contributed by atoms with Gasteiger partial charge in [-0.15, -0.1) is 0 Å². The lowest BCUT2D eigenvalue weighted by molar-refractivity contribution is 0.0759. The van der Waals surface area contributed by atoms with Gasteiger partial charge in [-0.1, -0.05) is 0 Å². The number of nitrogens with one attached hydrogen (secondary N) is 1. The van der Waals surface area contributed by atoms with Crippen molar-refractivity contribution in [3.8, 4) is 11.6 Å². The Hall–Kier alpha value is -3.89. The minimum absolute atomic E-state index is 0.0133. The summed E-state index contributed by atoms with van der Waals surface area (Å²) < 4.78 is 15.7. The number of methoxy groups -OCH3 is 2. The lowest BCUT2D eigenvalue weighted by atomic mass is 10.1. The Morgan fingerprint density at radius 1 is 1.11 bits per heavy atom. The van der Waals surface area contributed by atoms with Gasteiger partial charge in [0.2, 0.25) is 5.76 Å². The molecule has 0 saturated carbocycles. The number of fused-ring (bicyclic) bond motifs is 1. The number of hydrogen-bond acceptors (Lipinski definition) is 9. The molecule has 11 heteroatoms. The number of carbonyl (C=O) groups excluding carboxylic acids is 1. The lowest BCUT2D eigenvalue weighted by Crippen LogP contribution is -2.35. The number of ether oxygens (including phenoxy) is 2. The second kappa shape index (κ2) is 10.6. The van der Waals surface area contributed by atoms with Crippen molar-refractivity contribution < 1.29 is 18.7 Å². The van der Waals surface area contributed by atoms with Crippen molar-refractivity contribution in [2.45, 2.75) is 39.7 Å². The standard InChI is InChI=1S/C14H16N4O3.C10H14N2O2/c1-20-12-5-9(6-15-14(12)21-2)18-4-3-11-10(7-18)13(19)17-8-16-11;1-7-9(14-8(2)11-7)10(13)12-5-3-4-6-12/h5-6,8H,3-4,7H2,1-2H3,(H,16,17,19);3-6H2,1-2H3. The van der Waals surface area contributed by atoms with Crippen LogP contribution in [0.1, 0.15) is 46.2 Å². The van der Waals surface area contributed by atoms with Gasteiger partial charge in [-0.05, 0) is 19.8 Å². The van der Waals surface area contributed by atoms with Gasteiger partial charge in [0, 0.05) is 39.0 Å². The molecule has 5 heterocycles. The zero-order chi connectivity index (χ0) is 24.9. The second-order valence-corrected chi connectivity index (χ2v) is 8.38. The minimum atomic E-state index is -0.0851. The molecule has 2 aliphatic rings. The molecule has 0 aromatic carbocycles. The summed E-state index contributed by atoms with van der Waals surface area (Å²) in [6, 6.07) is 1.86. The average Bonchev–Trinajstić information content (AvgIpc) is 3.53. The molecule has 0 unspecified atom stereocenters. The summed E-state index contributed by atoms with van der Waals surface area (Å²) in [6.07, 6.45) is 6.09. The third-order valence-electron chi connectivity index (χ3n) is 6.08.